The lowest BCUT2D eigenvalue weighted by atomic mass is 10.2. The molecule has 2 heterocycles. The van der Waals surface area contributed by atoms with E-state index in [0.29, 0.717) is 23.9 Å². The minimum atomic E-state index is -0.600. The molecule has 8 heteroatoms. The van der Waals surface area contributed by atoms with E-state index in [9.17, 15) is 14.4 Å². The molecule has 1 aliphatic heterocycles. The molecule has 1 aromatic carbocycles. The summed E-state index contributed by atoms with van der Waals surface area (Å²) in [5.41, 5.74) is 5.39. The summed E-state index contributed by atoms with van der Waals surface area (Å²) in [6, 6.07) is 6.19. The molecule has 1 aromatic heterocycles. The minimum absolute atomic E-state index is 0.250. The maximum atomic E-state index is 12.3. The zero-order valence-electron chi connectivity index (χ0n) is 11.8. The van der Waals surface area contributed by atoms with Crippen LogP contribution in [0, 0.1) is 0 Å². The second-order valence-corrected chi connectivity index (χ2v) is 5.22. The molecule has 0 aliphatic carbocycles. The van der Waals surface area contributed by atoms with Crippen molar-refractivity contribution in [1.29, 1.82) is 0 Å². The van der Waals surface area contributed by atoms with Crippen molar-refractivity contribution in [1.82, 2.24) is 19.9 Å². The SMILES string of the molecule is NC(=O)[C@H]1CCCN1C(=O)Cn1nnc2ccccc2c1=O. The van der Waals surface area contributed by atoms with Gasteiger partial charge < -0.3 is 10.6 Å². The van der Waals surface area contributed by atoms with Crippen molar-refractivity contribution >= 4 is 22.7 Å². The quantitative estimate of drug-likeness (QED) is 0.803. The van der Waals surface area contributed by atoms with Crippen LogP contribution in [0.1, 0.15) is 12.8 Å². The second-order valence-electron chi connectivity index (χ2n) is 5.22. The standard InChI is InChI=1S/C14H15N5O3/c15-13(21)11-6-3-7-18(11)12(20)8-19-14(22)9-4-1-2-5-10(9)16-17-19/h1-2,4-5,11H,3,6-8H2,(H2,15,21)/t11-/m1/s1. The van der Waals surface area contributed by atoms with Crippen LogP contribution in [0.5, 0.6) is 0 Å². The van der Waals surface area contributed by atoms with E-state index in [4.69, 9.17) is 5.73 Å². The average molecular weight is 301 g/mol. The van der Waals surface area contributed by atoms with E-state index in [-0.39, 0.29) is 18.0 Å². The van der Waals surface area contributed by atoms with E-state index in [1.807, 2.05) is 0 Å². The molecule has 0 saturated carbocycles. The third-order valence-electron chi connectivity index (χ3n) is 3.82. The van der Waals surface area contributed by atoms with Gasteiger partial charge in [-0.25, -0.2) is 4.68 Å². The molecule has 1 fully saturated rings. The van der Waals surface area contributed by atoms with Crippen molar-refractivity contribution in [2.45, 2.75) is 25.4 Å². The van der Waals surface area contributed by atoms with Gasteiger partial charge in [-0.1, -0.05) is 17.3 Å². The van der Waals surface area contributed by atoms with Gasteiger partial charge in [0.15, 0.2) is 0 Å². The highest BCUT2D eigenvalue weighted by molar-refractivity contribution is 5.87. The highest BCUT2D eigenvalue weighted by Gasteiger charge is 2.32. The number of hydrogen-bond donors (Lipinski definition) is 1. The van der Waals surface area contributed by atoms with Crippen molar-refractivity contribution in [3.63, 3.8) is 0 Å². The highest BCUT2D eigenvalue weighted by atomic mass is 16.2. The van der Waals surface area contributed by atoms with Gasteiger partial charge in [-0.3, -0.25) is 14.4 Å². The molecule has 1 aliphatic rings. The first-order valence-corrected chi connectivity index (χ1v) is 6.99. The summed E-state index contributed by atoms with van der Waals surface area (Å²) in [4.78, 5) is 37.4. The predicted molar refractivity (Wildman–Crippen MR) is 77.7 cm³/mol. The minimum Gasteiger partial charge on any atom is -0.368 e. The van der Waals surface area contributed by atoms with Crippen molar-refractivity contribution in [3.8, 4) is 0 Å². The zero-order chi connectivity index (χ0) is 15.7. The monoisotopic (exact) mass is 301 g/mol. The first kappa shape index (κ1) is 14.2. The summed E-state index contributed by atoms with van der Waals surface area (Å²) in [5, 5.41) is 8.11. The third kappa shape index (κ3) is 2.43. The van der Waals surface area contributed by atoms with Crippen LogP contribution in [0.2, 0.25) is 0 Å². The Morgan fingerprint density at radius 2 is 2.09 bits per heavy atom. The number of primary amides is 1. The molecule has 1 saturated heterocycles. The molecular weight excluding hydrogens is 286 g/mol. The number of carbonyl (C=O) groups excluding carboxylic acids is 2. The van der Waals surface area contributed by atoms with Crippen LogP contribution in [-0.4, -0.2) is 44.3 Å². The molecule has 114 valence electrons. The van der Waals surface area contributed by atoms with Crippen molar-refractivity contribution in [3.05, 3.63) is 34.6 Å². The third-order valence-corrected chi connectivity index (χ3v) is 3.82. The van der Waals surface area contributed by atoms with Gasteiger partial charge in [0, 0.05) is 6.54 Å². The van der Waals surface area contributed by atoms with Crippen LogP contribution >= 0.6 is 0 Å². The van der Waals surface area contributed by atoms with Crippen LogP contribution in [0.4, 0.5) is 0 Å². The van der Waals surface area contributed by atoms with Crippen LogP contribution in [-0.2, 0) is 16.1 Å². The number of amides is 2. The Hall–Kier alpha value is -2.77. The second kappa shape index (κ2) is 5.55. The normalized spacial score (nSPS) is 17.8. The number of benzene rings is 1. The molecule has 2 amide bonds. The number of likely N-dealkylation sites (tertiary alicyclic amines) is 1. The van der Waals surface area contributed by atoms with Crippen LogP contribution < -0.4 is 11.3 Å². The Bertz CT molecular complexity index is 800. The van der Waals surface area contributed by atoms with E-state index in [1.165, 1.54) is 4.90 Å². The maximum Gasteiger partial charge on any atom is 0.278 e. The van der Waals surface area contributed by atoms with Gasteiger partial charge in [0.05, 0.1) is 5.39 Å². The zero-order valence-corrected chi connectivity index (χ0v) is 11.8. The lowest BCUT2D eigenvalue weighted by Crippen LogP contribution is -2.46. The lowest BCUT2D eigenvalue weighted by molar-refractivity contribution is -0.138. The Morgan fingerprint density at radius 3 is 2.86 bits per heavy atom. The Balaban J connectivity index is 1.87. The summed E-state index contributed by atoms with van der Waals surface area (Å²) in [6.45, 7) is 0.211. The summed E-state index contributed by atoms with van der Waals surface area (Å²) >= 11 is 0. The number of carbonyl (C=O) groups is 2. The fraction of sp³-hybridized carbons (Fsp3) is 0.357. The van der Waals surface area contributed by atoms with Gasteiger partial charge in [0.1, 0.15) is 18.1 Å². The molecule has 1 atom stereocenters. The summed E-state index contributed by atoms with van der Waals surface area (Å²) in [5.74, 6) is -0.879. The van der Waals surface area contributed by atoms with Gasteiger partial charge in [-0.05, 0) is 25.0 Å². The molecule has 3 rings (SSSR count). The summed E-state index contributed by atoms with van der Waals surface area (Å²) in [6.07, 6.45) is 1.27. The smallest absolute Gasteiger partial charge is 0.278 e. The van der Waals surface area contributed by atoms with Crippen molar-refractivity contribution in [2.75, 3.05) is 6.54 Å². The van der Waals surface area contributed by atoms with Gasteiger partial charge in [0.2, 0.25) is 11.8 Å². The Morgan fingerprint density at radius 1 is 1.32 bits per heavy atom. The van der Waals surface area contributed by atoms with E-state index in [0.717, 1.165) is 11.1 Å². The molecular formula is C14H15N5O3. The summed E-state index contributed by atoms with van der Waals surface area (Å²) < 4.78 is 1.01. The number of nitrogens with zero attached hydrogens (tertiary/aromatic N) is 4. The number of hydrogen-bond acceptors (Lipinski definition) is 5. The Labute approximate surface area is 125 Å². The van der Waals surface area contributed by atoms with E-state index in [2.05, 4.69) is 10.3 Å². The van der Waals surface area contributed by atoms with Crippen LogP contribution in [0.3, 0.4) is 0 Å². The number of rotatable bonds is 3. The van der Waals surface area contributed by atoms with Gasteiger partial charge in [-0.15, -0.1) is 5.10 Å². The number of aromatic nitrogens is 3. The topological polar surface area (TPSA) is 111 Å². The molecule has 0 bridgehead atoms. The molecule has 0 radical (unpaired) electrons. The maximum absolute atomic E-state index is 12.3. The largest absolute Gasteiger partial charge is 0.368 e. The van der Waals surface area contributed by atoms with Crippen LogP contribution in [0.15, 0.2) is 29.1 Å². The van der Waals surface area contributed by atoms with E-state index < -0.39 is 11.9 Å². The number of nitrogens with two attached hydrogens (primary N) is 1. The molecule has 22 heavy (non-hydrogen) atoms. The molecule has 0 spiro atoms. The van der Waals surface area contributed by atoms with Crippen molar-refractivity contribution in [2.24, 2.45) is 5.73 Å². The number of fused-ring (bicyclic) bond motifs is 1. The van der Waals surface area contributed by atoms with Gasteiger partial charge in [-0.2, -0.15) is 0 Å². The van der Waals surface area contributed by atoms with E-state index >= 15 is 0 Å². The first-order valence-electron chi connectivity index (χ1n) is 6.99. The van der Waals surface area contributed by atoms with Gasteiger partial charge in [0.25, 0.3) is 5.56 Å². The molecule has 8 nitrogen and oxygen atoms in total. The molecule has 2 N–H and O–H groups in total. The lowest BCUT2D eigenvalue weighted by Gasteiger charge is -2.22. The van der Waals surface area contributed by atoms with E-state index in [1.54, 1.807) is 24.3 Å². The predicted octanol–water partition coefficient (Wildman–Crippen LogP) is -0.732. The first-order chi connectivity index (χ1) is 10.6. The van der Waals surface area contributed by atoms with Gasteiger partial charge >= 0.3 is 0 Å². The fourth-order valence-electron chi connectivity index (χ4n) is 2.71. The fourth-order valence-corrected chi connectivity index (χ4v) is 2.71. The molecule has 0 unspecified atom stereocenters. The van der Waals surface area contributed by atoms with Crippen LogP contribution in [0.25, 0.3) is 10.9 Å². The Kier molecular flexibility index (Phi) is 3.58. The molecule has 2 aromatic rings. The average Bonchev–Trinajstić information content (AvgIpc) is 3.00. The summed E-state index contributed by atoms with van der Waals surface area (Å²) in [7, 11) is 0. The van der Waals surface area contributed by atoms with Crippen molar-refractivity contribution < 1.29 is 9.59 Å². The highest BCUT2D eigenvalue weighted by Crippen LogP contribution is 2.17.